The lowest BCUT2D eigenvalue weighted by Crippen LogP contribution is -2.47. The zero-order valence-corrected chi connectivity index (χ0v) is 17.1. The van der Waals surface area contributed by atoms with Crippen LogP contribution in [0.5, 0.6) is 0 Å². The first-order valence-corrected chi connectivity index (χ1v) is 10.6. The molecule has 6 nitrogen and oxygen atoms in total. The summed E-state index contributed by atoms with van der Waals surface area (Å²) in [6.07, 6.45) is 5.85. The van der Waals surface area contributed by atoms with Gasteiger partial charge < -0.3 is 15.4 Å². The van der Waals surface area contributed by atoms with Crippen LogP contribution in [0.1, 0.15) is 56.3 Å². The molecule has 2 amide bonds. The minimum Gasteiger partial charge on any atom is -0.373 e. The van der Waals surface area contributed by atoms with Crippen molar-refractivity contribution in [1.29, 1.82) is 0 Å². The van der Waals surface area contributed by atoms with Gasteiger partial charge in [-0.15, -0.1) is 0 Å². The van der Waals surface area contributed by atoms with Gasteiger partial charge in [-0.2, -0.15) is 0 Å². The van der Waals surface area contributed by atoms with E-state index in [1.165, 1.54) is 6.42 Å². The van der Waals surface area contributed by atoms with E-state index in [9.17, 15) is 9.59 Å². The van der Waals surface area contributed by atoms with Crippen molar-refractivity contribution in [2.45, 2.75) is 58.2 Å². The maximum atomic E-state index is 12.5. The number of rotatable bonds is 6. The summed E-state index contributed by atoms with van der Waals surface area (Å²) in [5.74, 6) is 0.0699. The first-order chi connectivity index (χ1) is 13.5. The molecular formula is C22H33N3O3. The lowest BCUT2D eigenvalue weighted by molar-refractivity contribution is -0.120. The van der Waals surface area contributed by atoms with Gasteiger partial charge in [0.05, 0.1) is 12.2 Å². The minimum atomic E-state index is -0.108. The Balaban J connectivity index is 1.47. The Morgan fingerprint density at radius 3 is 2.54 bits per heavy atom. The molecule has 2 N–H and O–H groups in total. The molecule has 0 radical (unpaired) electrons. The molecule has 2 atom stereocenters. The largest absolute Gasteiger partial charge is 0.373 e. The molecule has 154 valence electrons. The molecule has 2 aliphatic rings. The van der Waals surface area contributed by atoms with Crippen LogP contribution in [0.25, 0.3) is 0 Å². The maximum Gasteiger partial charge on any atom is 0.251 e. The summed E-state index contributed by atoms with van der Waals surface area (Å²) >= 11 is 0. The second-order valence-corrected chi connectivity index (χ2v) is 8.18. The van der Waals surface area contributed by atoms with Crippen LogP contribution in [0, 0.1) is 5.92 Å². The number of ether oxygens (including phenoxy) is 1. The highest BCUT2D eigenvalue weighted by atomic mass is 16.5. The van der Waals surface area contributed by atoms with E-state index in [0.717, 1.165) is 45.3 Å². The van der Waals surface area contributed by atoms with Crippen molar-refractivity contribution in [2.24, 2.45) is 5.92 Å². The summed E-state index contributed by atoms with van der Waals surface area (Å²) < 4.78 is 5.74. The van der Waals surface area contributed by atoms with Crippen LogP contribution in [-0.4, -0.2) is 55.1 Å². The topological polar surface area (TPSA) is 70.7 Å². The van der Waals surface area contributed by atoms with Gasteiger partial charge in [0.2, 0.25) is 5.91 Å². The summed E-state index contributed by atoms with van der Waals surface area (Å²) in [4.78, 5) is 27.2. The van der Waals surface area contributed by atoms with E-state index < -0.39 is 0 Å². The van der Waals surface area contributed by atoms with Crippen molar-refractivity contribution in [3.05, 3.63) is 29.8 Å². The Morgan fingerprint density at radius 2 is 1.82 bits per heavy atom. The number of carbonyl (C=O) groups is 2. The van der Waals surface area contributed by atoms with E-state index in [1.54, 1.807) is 12.1 Å². The number of amides is 2. The number of carbonyl (C=O) groups excluding carboxylic acids is 2. The molecule has 3 rings (SSSR count). The van der Waals surface area contributed by atoms with Crippen molar-refractivity contribution >= 4 is 17.5 Å². The molecule has 6 heteroatoms. The van der Waals surface area contributed by atoms with Crippen LogP contribution in [0.3, 0.4) is 0 Å². The number of morpholine rings is 1. The lowest BCUT2D eigenvalue weighted by atomic mass is 9.88. The molecule has 2 fully saturated rings. The van der Waals surface area contributed by atoms with E-state index >= 15 is 0 Å². The van der Waals surface area contributed by atoms with Gasteiger partial charge >= 0.3 is 0 Å². The number of hydrogen-bond acceptors (Lipinski definition) is 4. The van der Waals surface area contributed by atoms with E-state index in [0.29, 0.717) is 17.8 Å². The molecule has 1 saturated heterocycles. The molecule has 1 aliphatic carbocycles. The monoisotopic (exact) mass is 387 g/mol. The average Bonchev–Trinajstić information content (AvgIpc) is 2.68. The van der Waals surface area contributed by atoms with Crippen LogP contribution in [0.2, 0.25) is 0 Å². The number of nitrogens with zero attached hydrogens (tertiary/aromatic N) is 1. The molecule has 1 saturated carbocycles. The Labute approximate surface area is 168 Å². The predicted octanol–water partition coefficient (Wildman–Crippen LogP) is 3.04. The molecule has 0 spiro atoms. The zero-order valence-electron chi connectivity index (χ0n) is 17.1. The average molecular weight is 388 g/mol. The SMILES string of the molecule is CC1CN(CCNC(=O)c2cccc(NC(=O)C3CCCCC3)c2)CC(C)O1. The second kappa shape index (κ2) is 10.0. The fraction of sp³-hybridized carbons (Fsp3) is 0.636. The lowest BCUT2D eigenvalue weighted by Gasteiger charge is -2.35. The fourth-order valence-electron chi connectivity index (χ4n) is 4.24. The summed E-state index contributed by atoms with van der Waals surface area (Å²) in [7, 11) is 0. The van der Waals surface area contributed by atoms with Gasteiger partial charge in [-0.05, 0) is 44.9 Å². The van der Waals surface area contributed by atoms with Crippen LogP contribution in [0.15, 0.2) is 24.3 Å². The van der Waals surface area contributed by atoms with Gasteiger partial charge in [0.25, 0.3) is 5.91 Å². The van der Waals surface area contributed by atoms with Gasteiger partial charge in [0.1, 0.15) is 0 Å². The van der Waals surface area contributed by atoms with E-state index in [2.05, 4.69) is 29.4 Å². The van der Waals surface area contributed by atoms with E-state index in [1.807, 2.05) is 12.1 Å². The van der Waals surface area contributed by atoms with E-state index in [4.69, 9.17) is 4.74 Å². The highest BCUT2D eigenvalue weighted by molar-refractivity contribution is 5.97. The summed E-state index contributed by atoms with van der Waals surface area (Å²) in [6, 6.07) is 7.20. The van der Waals surface area contributed by atoms with Gasteiger partial charge in [0, 0.05) is 43.3 Å². The van der Waals surface area contributed by atoms with Gasteiger partial charge in [-0.3, -0.25) is 14.5 Å². The highest BCUT2D eigenvalue weighted by Crippen LogP contribution is 2.25. The molecule has 1 aromatic carbocycles. The van der Waals surface area contributed by atoms with Crippen molar-refractivity contribution < 1.29 is 14.3 Å². The normalized spacial score (nSPS) is 23.9. The summed E-state index contributed by atoms with van der Waals surface area (Å²) in [5, 5.41) is 5.97. The molecule has 0 bridgehead atoms. The van der Waals surface area contributed by atoms with Crippen LogP contribution >= 0.6 is 0 Å². The number of hydrogen-bond donors (Lipinski definition) is 2. The van der Waals surface area contributed by atoms with Crippen LogP contribution < -0.4 is 10.6 Å². The van der Waals surface area contributed by atoms with Gasteiger partial charge in [-0.1, -0.05) is 25.3 Å². The number of anilines is 1. The minimum absolute atomic E-state index is 0.0767. The summed E-state index contributed by atoms with van der Waals surface area (Å²) in [6.45, 7) is 7.34. The van der Waals surface area contributed by atoms with Gasteiger partial charge in [-0.25, -0.2) is 0 Å². The first kappa shape index (κ1) is 20.8. The van der Waals surface area contributed by atoms with Crippen molar-refractivity contribution in [1.82, 2.24) is 10.2 Å². The smallest absolute Gasteiger partial charge is 0.251 e. The highest BCUT2D eigenvalue weighted by Gasteiger charge is 2.22. The van der Waals surface area contributed by atoms with Gasteiger partial charge in [0.15, 0.2) is 0 Å². The maximum absolute atomic E-state index is 12.5. The zero-order chi connectivity index (χ0) is 19.9. The third-order valence-electron chi connectivity index (χ3n) is 5.58. The number of nitrogens with one attached hydrogen (secondary N) is 2. The second-order valence-electron chi connectivity index (χ2n) is 8.18. The number of benzene rings is 1. The van der Waals surface area contributed by atoms with Crippen LogP contribution in [0.4, 0.5) is 5.69 Å². The Morgan fingerprint density at radius 1 is 1.11 bits per heavy atom. The molecule has 0 aromatic heterocycles. The Kier molecular flexibility index (Phi) is 7.45. The molecule has 1 aromatic rings. The molecule has 2 unspecified atom stereocenters. The summed E-state index contributed by atoms with van der Waals surface area (Å²) in [5.41, 5.74) is 1.27. The van der Waals surface area contributed by atoms with Crippen molar-refractivity contribution in [2.75, 3.05) is 31.5 Å². The molecular weight excluding hydrogens is 354 g/mol. The molecule has 1 heterocycles. The van der Waals surface area contributed by atoms with Crippen LogP contribution in [-0.2, 0) is 9.53 Å². The van der Waals surface area contributed by atoms with E-state index in [-0.39, 0.29) is 29.9 Å². The van der Waals surface area contributed by atoms with Crippen molar-refractivity contribution in [3.63, 3.8) is 0 Å². The fourth-order valence-corrected chi connectivity index (χ4v) is 4.24. The molecule has 1 aliphatic heterocycles. The standard InChI is InChI=1S/C22H33N3O3/c1-16-14-25(15-17(2)28-16)12-11-23-21(26)19-9-6-10-20(13-19)24-22(27)18-7-4-3-5-8-18/h6,9-10,13,16-18H,3-5,7-8,11-12,14-15H2,1-2H3,(H,23,26)(H,24,27). The Bertz CT molecular complexity index is 663. The molecule has 28 heavy (non-hydrogen) atoms. The Hall–Kier alpha value is -1.92. The third-order valence-corrected chi connectivity index (χ3v) is 5.58. The third kappa shape index (κ3) is 6.04. The van der Waals surface area contributed by atoms with Crippen molar-refractivity contribution in [3.8, 4) is 0 Å². The predicted molar refractivity (Wildman–Crippen MR) is 110 cm³/mol. The quantitative estimate of drug-likeness (QED) is 0.787. The first-order valence-electron chi connectivity index (χ1n) is 10.6.